The molecule has 0 radical (unpaired) electrons. The Hall–Kier alpha value is -3.12. The van der Waals surface area contributed by atoms with Crippen LogP contribution in [0, 0.1) is 5.82 Å². The lowest BCUT2D eigenvalue weighted by Gasteiger charge is -2.31. The van der Waals surface area contributed by atoms with Gasteiger partial charge < -0.3 is 10.2 Å². The lowest BCUT2D eigenvalue weighted by molar-refractivity contribution is -0.140. The molecule has 1 atom stereocenters. The van der Waals surface area contributed by atoms with E-state index in [1.54, 1.807) is 28.8 Å². The summed E-state index contributed by atoms with van der Waals surface area (Å²) in [5.41, 5.74) is 1.76. The van der Waals surface area contributed by atoms with Crippen LogP contribution in [0.4, 0.5) is 4.39 Å². The molecule has 0 aromatic heterocycles. The van der Waals surface area contributed by atoms with Crippen molar-refractivity contribution in [2.45, 2.75) is 37.2 Å². The molecule has 0 saturated carbocycles. The standard InChI is InChI=1S/C27H29FN2O2S/c1-2-29-27(32)25(19-21-9-5-3-6-10-21)30(20-22-13-15-23(28)16-14-22)26(31)17-18-33-24-11-7-4-8-12-24/h3-16,25H,2,17-20H2,1H3,(H,29,32)/t25-/m0/s1. The van der Waals surface area contributed by atoms with Crippen LogP contribution in [0.1, 0.15) is 24.5 Å². The molecule has 172 valence electrons. The van der Waals surface area contributed by atoms with Crippen LogP contribution in [-0.4, -0.2) is 35.1 Å². The molecule has 6 heteroatoms. The Morgan fingerprint density at radius 3 is 2.18 bits per heavy atom. The number of carbonyl (C=O) groups is 2. The highest BCUT2D eigenvalue weighted by Crippen LogP contribution is 2.21. The molecule has 0 saturated heterocycles. The van der Waals surface area contributed by atoms with Crippen molar-refractivity contribution in [3.8, 4) is 0 Å². The third-order valence-corrected chi connectivity index (χ3v) is 6.23. The fraction of sp³-hybridized carbons (Fsp3) is 0.259. The molecule has 3 rings (SSSR count). The second-order valence-electron chi connectivity index (χ2n) is 7.66. The van der Waals surface area contributed by atoms with E-state index in [0.717, 1.165) is 16.0 Å². The fourth-order valence-corrected chi connectivity index (χ4v) is 4.41. The Balaban J connectivity index is 1.81. The minimum atomic E-state index is -0.661. The van der Waals surface area contributed by atoms with Crippen molar-refractivity contribution in [1.82, 2.24) is 10.2 Å². The third-order valence-electron chi connectivity index (χ3n) is 5.22. The van der Waals surface area contributed by atoms with Crippen molar-refractivity contribution in [3.05, 3.63) is 102 Å². The summed E-state index contributed by atoms with van der Waals surface area (Å²) in [7, 11) is 0. The molecular weight excluding hydrogens is 435 g/mol. The third kappa shape index (κ3) is 7.75. The quantitative estimate of drug-likeness (QED) is 0.403. The van der Waals surface area contributed by atoms with Crippen LogP contribution in [0.3, 0.4) is 0 Å². The van der Waals surface area contributed by atoms with Gasteiger partial charge in [0.05, 0.1) is 0 Å². The minimum absolute atomic E-state index is 0.102. The maximum absolute atomic E-state index is 13.4. The number of nitrogens with one attached hydrogen (secondary N) is 1. The molecule has 0 aliphatic rings. The Morgan fingerprint density at radius 1 is 0.909 bits per heavy atom. The first-order valence-electron chi connectivity index (χ1n) is 11.1. The molecule has 0 bridgehead atoms. The van der Waals surface area contributed by atoms with Crippen LogP contribution in [0.2, 0.25) is 0 Å². The number of amides is 2. The van der Waals surface area contributed by atoms with Gasteiger partial charge in [0.25, 0.3) is 0 Å². The van der Waals surface area contributed by atoms with Gasteiger partial charge in [-0.1, -0.05) is 60.7 Å². The van der Waals surface area contributed by atoms with E-state index < -0.39 is 6.04 Å². The molecule has 3 aromatic carbocycles. The van der Waals surface area contributed by atoms with Gasteiger partial charge in [0.1, 0.15) is 11.9 Å². The van der Waals surface area contributed by atoms with Gasteiger partial charge in [0.2, 0.25) is 11.8 Å². The Bertz CT molecular complexity index is 1010. The summed E-state index contributed by atoms with van der Waals surface area (Å²) in [6.07, 6.45) is 0.705. The lowest BCUT2D eigenvalue weighted by Crippen LogP contribution is -2.50. The van der Waals surface area contributed by atoms with Gasteiger partial charge in [0.15, 0.2) is 0 Å². The van der Waals surface area contributed by atoms with Gasteiger partial charge in [-0.05, 0) is 42.3 Å². The predicted molar refractivity (Wildman–Crippen MR) is 131 cm³/mol. The van der Waals surface area contributed by atoms with Crippen LogP contribution >= 0.6 is 11.8 Å². The van der Waals surface area contributed by atoms with Gasteiger partial charge in [-0.25, -0.2) is 4.39 Å². The zero-order valence-corrected chi connectivity index (χ0v) is 19.6. The summed E-state index contributed by atoms with van der Waals surface area (Å²) in [6.45, 7) is 2.58. The van der Waals surface area contributed by atoms with Crippen LogP contribution < -0.4 is 5.32 Å². The van der Waals surface area contributed by atoms with Crippen molar-refractivity contribution in [2.24, 2.45) is 0 Å². The number of thioether (sulfide) groups is 1. The maximum Gasteiger partial charge on any atom is 0.243 e. The van der Waals surface area contributed by atoms with Crippen LogP contribution in [-0.2, 0) is 22.6 Å². The SMILES string of the molecule is CCNC(=O)[C@H](Cc1ccccc1)N(Cc1ccc(F)cc1)C(=O)CCSc1ccccc1. The van der Waals surface area contributed by atoms with E-state index in [9.17, 15) is 14.0 Å². The number of hydrogen-bond acceptors (Lipinski definition) is 3. The van der Waals surface area contributed by atoms with Gasteiger partial charge in [-0.2, -0.15) is 0 Å². The van der Waals surface area contributed by atoms with Gasteiger partial charge in [-0.3, -0.25) is 9.59 Å². The normalized spacial score (nSPS) is 11.6. The molecule has 1 N–H and O–H groups in total. The monoisotopic (exact) mass is 464 g/mol. The van der Waals surface area contributed by atoms with Gasteiger partial charge in [-0.15, -0.1) is 11.8 Å². The molecule has 4 nitrogen and oxygen atoms in total. The molecular formula is C27H29FN2O2S. The Morgan fingerprint density at radius 2 is 1.55 bits per heavy atom. The minimum Gasteiger partial charge on any atom is -0.355 e. The summed E-state index contributed by atoms with van der Waals surface area (Å²) in [5, 5.41) is 2.88. The first kappa shape index (κ1) is 24.5. The number of nitrogens with zero attached hydrogens (tertiary/aromatic N) is 1. The van der Waals surface area contributed by atoms with Crippen molar-refractivity contribution in [1.29, 1.82) is 0 Å². The number of halogens is 1. The predicted octanol–water partition coefficient (Wildman–Crippen LogP) is 5.08. The number of hydrogen-bond donors (Lipinski definition) is 1. The first-order chi connectivity index (χ1) is 16.1. The summed E-state index contributed by atoms with van der Waals surface area (Å²) in [5.74, 6) is -0.0149. The van der Waals surface area contributed by atoms with Crippen LogP contribution in [0.25, 0.3) is 0 Å². The van der Waals surface area contributed by atoms with E-state index in [2.05, 4.69) is 5.32 Å². The Labute approximate surface area is 199 Å². The molecule has 0 spiro atoms. The highest BCUT2D eigenvalue weighted by molar-refractivity contribution is 7.99. The van der Waals surface area contributed by atoms with E-state index in [-0.39, 0.29) is 24.2 Å². The number of likely N-dealkylation sites (N-methyl/N-ethyl adjacent to an activating group) is 1. The molecule has 2 amide bonds. The summed E-state index contributed by atoms with van der Waals surface area (Å²) >= 11 is 1.61. The summed E-state index contributed by atoms with van der Waals surface area (Å²) in [6, 6.07) is 25.0. The maximum atomic E-state index is 13.4. The van der Waals surface area contributed by atoms with E-state index in [1.165, 1.54) is 12.1 Å². The average Bonchev–Trinajstić information content (AvgIpc) is 2.84. The van der Waals surface area contributed by atoms with Crippen LogP contribution in [0.15, 0.2) is 89.8 Å². The molecule has 0 unspecified atom stereocenters. The second kappa shape index (κ2) is 12.8. The highest BCUT2D eigenvalue weighted by atomic mass is 32.2. The van der Waals surface area contributed by atoms with Crippen molar-refractivity contribution in [3.63, 3.8) is 0 Å². The first-order valence-corrected chi connectivity index (χ1v) is 12.1. The van der Waals surface area contributed by atoms with E-state index >= 15 is 0 Å². The Kier molecular flexibility index (Phi) is 9.51. The van der Waals surface area contributed by atoms with Crippen molar-refractivity contribution in [2.75, 3.05) is 12.3 Å². The van der Waals surface area contributed by atoms with Gasteiger partial charge >= 0.3 is 0 Å². The molecule has 0 aliphatic carbocycles. The average molecular weight is 465 g/mol. The van der Waals surface area contributed by atoms with Crippen LogP contribution in [0.5, 0.6) is 0 Å². The van der Waals surface area contributed by atoms with E-state index in [0.29, 0.717) is 25.1 Å². The van der Waals surface area contributed by atoms with Gasteiger partial charge in [0, 0.05) is 36.6 Å². The van der Waals surface area contributed by atoms with E-state index in [1.807, 2.05) is 67.6 Å². The summed E-state index contributed by atoms with van der Waals surface area (Å²) in [4.78, 5) is 29.2. The smallest absolute Gasteiger partial charge is 0.243 e. The zero-order chi connectivity index (χ0) is 23.5. The number of rotatable bonds is 11. The molecule has 0 heterocycles. The number of carbonyl (C=O) groups excluding carboxylic acids is 2. The molecule has 0 aliphatic heterocycles. The lowest BCUT2D eigenvalue weighted by atomic mass is 10.0. The second-order valence-corrected chi connectivity index (χ2v) is 8.83. The van der Waals surface area contributed by atoms with Crippen molar-refractivity contribution < 1.29 is 14.0 Å². The number of benzene rings is 3. The van der Waals surface area contributed by atoms with E-state index in [4.69, 9.17) is 0 Å². The zero-order valence-electron chi connectivity index (χ0n) is 18.7. The van der Waals surface area contributed by atoms with Crippen molar-refractivity contribution >= 4 is 23.6 Å². The topological polar surface area (TPSA) is 49.4 Å². The fourth-order valence-electron chi connectivity index (χ4n) is 3.55. The molecule has 3 aromatic rings. The molecule has 0 fully saturated rings. The summed E-state index contributed by atoms with van der Waals surface area (Å²) < 4.78 is 13.4. The highest BCUT2D eigenvalue weighted by Gasteiger charge is 2.29. The molecule has 33 heavy (non-hydrogen) atoms. The largest absolute Gasteiger partial charge is 0.355 e.